The van der Waals surface area contributed by atoms with Crippen LogP contribution in [-0.2, 0) is 9.53 Å². The minimum absolute atomic E-state index is 0.0606. The van der Waals surface area contributed by atoms with Gasteiger partial charge in [0.2, 0.25) is 0 Å². The molecule has 4 aliphatic carbocycles. The number of carbonyl (C=O) groups excluding carboxylic acids is 1. The molecule has 5 rings (SSSR count). The zero-order valence-corrected chi connectivity index (χ0v) is 18.4. The molecule has 0 saturated heterocycles. The van der Waals surface area contributed by atoms with Crippen LogP contribution in [0.1, 0.15) is 71.3 Å². The van der Waals surface area contributed by atoms with Gasteiger partial charge in [-0.3, -0.25) is 4.79 Å². The van der Waals surface area contributed by atoms with E-state index in [2.05, 4.69) is 26.0 Å². The van der Waals surface area contributed by atoms with Crippen LogP contribution in [0.15, 0.2) is 42.0 Å². The molecule has 3 heteroatoms. The number of hydrogen-bond donors (Lipinski definition) is 0. The van der Waals surface area contributed by atoms with Crippen LogP contribution in [-0.4, -0.2) is 12.1 Å². The second kappa shape index (κ2) is 7.07. The van der Waals surface area contributed by atoms with Crippen molar-refractivity contribution in [1.82, 2.24) is 0 Å². The van der Waals surface area contributed by atoms with Crippen molar-refractivity contribution in [3.05, 3.63) is 53.4 Å². The van der Waals surface area contributed by atoms with Crippen LogP contribution in [0.25, 0.3) is 5.57 Å². The summed E-state index contributed by atoms with van der Waals surface area (Å²) in [6.45, 7) is 6.45. The minimum atomic E-state index is -0.162. The molecule has 1 aromatic carbocycles. The summed E-state index contributed by atoms with van der Waals surface area (Å²) in [6, 6.07) is 7.10. The van der Waals surface area contributed by atoms with Crippen molar-refractivity contribution in [1.29, 1.82) is 0 Å². The second-order valence-corrected chi connectivity index (χ2v) is 10.6. The highest BCUT2D eigenvalue weighted by Gasteiger charge is 2.56. The van der Waals surface area contributed by atoms with E-state index in [9.17, 15) is 9.18 Å². The number of esters is 1. The van der Waals surface area contributed by atoms with Crippen LogP contribution < -0.4 is 0 Å². The van der Waals surface area contributed by atoms with E-state index in [1.165, 1.54) is 36.5 Å². The number of hydrogen-bond acceptors (Lipinski definition) is 2. The summed E-state index contributed by atoms with van der Waals surface area (Å²) in [5, 5.41) is 0. The van der Waals surface area contributed by atoms with E-state index >= 15 is 0 Å². The molecule has 0 unspecified atom stereocenters. The Kier molecular flexibility index (Phi) is 4.72. The Morgan fingerprint density at radius 3 is 2.47 bits per heavy atom. The van der Waals surface area contributed by atoms with Crippen LogP contribution in [0.3, 0.4) is 0 Å². The highest BCUT2D eigenvalue weighted by atomic mass is 19.1. The molecule has 0 aliphatic heterocycles. The lowest BCUT2D eigenvalue weighted by atomic mass is 9.47. The van der Waals surface area contributed by atoms with Gasteiger partial charge in [0.25, 0.3) is 0 Å². The topological polar surface area (TPSA) is 26.3 Å². The molecule has 160 valence electrons. The first-order chi connectivity index (χ1) is 14.3. The molecule has 2 saturated carbocycles. The third-order valence-corrected chi connectivity index (χ3v) is 9.13. The van der Waals surface area contributed by atoms with Gasteiger partial charge < -0.3 is 4.74 Å². The maximum atomic E-state index is 13.5. The van der Waals surface area contributed by atoms with E-state index in [-0.39, 0.29) is 28.7 Å². The lowest BCUT2D eigenvalue weighted by Gasteiger charge is -2.57. The molecule has 0 heterocycles. The standard InChI is InChI=1S/C27H33FO2/c1-17(29)30-21-12-14-26(2)19(16-21)6-9-22-24-11-10-23(18-4-7-20(28)8-5-18)27(24,3)15-13-25(22)26/h4-8,10,21-22,24-25H,9,11-16H2,1-3H3/t21-,22-,24-,25-,26-,27+/m0/s1. The van der Waals surface area contributed by atoms with Gasteiger partial charge in [-0.05, 0) is 90.4 Å². The molecule has 0 bridgehead atoms. The van der Waals surface area contributed by atoms with Crippen molar-refractivity contribution in [2.75, 3.05) is 0 Å². The van der Waals surface area contributed by atoms with Gasteiger partial charge in [0.05, 0.1) is 0 Å². The van der Waals surface area contributed by atoms with Gasteiger partial charge in [-0.15, -0.1) is 0 Å². The Bertz CT molecular complexity index is 913. The molecule has 0 radical (unpaired) electrons. The van der Waals surface area contributed by atoms with Gasteiger partial charge in [-0.2, -0.15) is 0 Å². The molecule has 4 aliphatic rings. The van der Waals surface area contributed by atoms with Crippen LogP contribution in [0.5, 0.6) is 0 Å². The van der Waals surface area contributed by atoms with Gasteiger partial charge in [0.15, 0.2) is 0 Å². The first-order valence-electron chi connectivity index (χ1n) is 11.6. The second-order valence-electron chi connectivity index (χ2n) is 10.6. The first-order valence-corrected chi connectivity index (χ1v) is 11.6. The lowest BCUT2D eigenvalue weighted by Crippen LogP contribution is -2.50. The monoisotopic (exact) mass is 408 g/mol. The van der Waals surface area contributed by atoms with Crippen LogP contribution in [0.2, 0.25) is 0 Å². The summed E-state index contributed by atoms with van der Waals surface area (Å²) >= 11 is 0. The Balaban J connectivity index is 1.40. The average molecular weight is 409 g/mol. The highest BCUT2D eigenvalue weighted by molar-refractivity contribution is 5.73. The number of fused-ring (bicyclic) bond motifs is 5. The minimum Gasteiger partial charge on any atom is -0.462 e. The van der Waals surface area contributed by atoms with Crippen LogP contribution >= 0.6 is 0 Å². The predicted octanol–water partition coefficient (Wildman–Crippen LogP) is 6.71. The molecule has 30 heavy (non-hydrogen) atoms. The number of carbonyl (C=O) groups is 1. The van der Waals surface area contributed by atoms with Crippen molar-refractivity contribution in [2.24, 2.45) is 28.6 Å². The van der Waals surface area contributed by atoms with E-state index in [1.54, 1.807) is 12.1 Å². The SMILES string of the molecule is CC(=O)O[C@H]1CC[C@@]2(C)C(=CC[C@@H]3[C@@H]2CC[C@]2(C)C(c4ccc(F)cc4)=CC[C@@H]32)C1. The fourth-order valence-corrected chi connectivity index (χ4v) is 7.61. The van der Waals surface area contributed by atoms with Crippen molar-refractivity contribution in [3.8, 4) is 0 Å². The summed E-state index contributed by atoms with van der Waals surface area (Å²) in [6.07, 6.45) is 12.8. The zero-order chi connectivity index (χ0) is 21.1. The normalized spacial score (nSPS) is 39.9. The third-order valence-electron chi connectivity index (χ3n) is 9.13. The summed E-state index contributed by atoms with van der Waals surface area (Å²) in [7, 11) is 0. The van der Waals surface area contributed by atoms with E-state index < -0.39 is 0 Å². The Morgan fingerprint density at radius 2 is 1.73 bits per heavy atom. The van der Waals surface area contributed by atoms with Crippen LogP contribution in [0, 0.1) is 34.4 Å². The molecule has 1 aromatic rings. The Hall–Kier alpha value is -1.90. The molecule has 0 amide bonds. The van der Waals surface area contributed by atoms with Crippen molar-refractivity contribution >= 4 is 11.5 Å². The maximum Gasteiger partial charge on any atom is 0.302 e. The molecule has 0 spiro atoms. The quantitative estimate of drug-likeness (QED) is 0.401. The fourth-order valence-electron chi connectivity index (χ4n) is 7.61. The summed E-state index contributed by atoms with van der Waals surface area (Å²) in [5.41, 5.74) is 4.61. The largest absolute Gasteiger partial charge is 0.462 e. The van der Waals surface area contributed by atoms with Gasteiger partial charge in [-0.25, -0.2) is 4.39 Å². The molecular weight excluding hydrogens is 375 g/mol. The average Bonchev–Trinajstić information content (AvgIpc) is 3.06. The smallest absolute Gasteiger partial charge is 0.302 e. The molecule has 2 nitrogen and oxygen atoms in total. The number of ether oxygens (including phenoxy) is 1. The van der Waals surface area contributed by atoms with Gasteiger partial charge in [0, 0.05) is 13.3 Å². The van der Waals surface area contributed by atoms with Crippen molar-refractivity contribution in [3.63, 3.8) is 0 Å². The molecule has 0 aromatic heterocycles. The molecule has 6 atom stereocenters. The van der Waals surface area contributed by atoms with Crippen molar-refractivity contribution in [2.45, 2.75) is 71.8 Å². The number of allylic oxidation sites excluding steroid dienone is 3. The van der Waals surface area contributed by atoms with E-state index in [1.807, 2.05) is 12.1 Å². The lowest BCUT2D eigenvalue weighted by molar-refractivity contribution is -0.148. The van der Waals surface area contributed by atoms with Gasteiger partial charge in [0.1, 0.15) is 11.9 Å². The predicted molar refractivity (Wildman–Crippen MR) is 117 cm³/mol. The number of rotatable bonds is 2. The molecule has 0 N–H and O–H groups in total. The van der Waals surface area contributed by atoms with E-state index in [0.29, 0.717) is 11.8 Å². The first kappa shape index (κ1) is 20.0. The van der Waals surface area contributed by atoms with Crippen molar-refractivity contribution < 1.29 is 13.9 Å². The number of benzene rings is 1. The van der Waals surface area contributed by atoms with Gasteiger partial charge in [-0.1, -0.05) is 43.7 Å². The highest BCUT2D eigenvalue weighted by Crippen LogP contribution is 2.66. The summed E-state index contributed by atoms with van der Waals surface area (Å²) in [5.74, 6) is 1.77. The Labute approximate surface area is 179 Å². The zero-order valence-electron chi connectivity index (χ0n) is 18.4. The van der Waals surface area contributed by atoms with Crippen LogP contribution in [0.4, 0.5) is 4.39 Å². The third kappa shape index (κ3) is 2.99. The maximum absolute atomic E-state index is 13.5. The van der Waals surface area contributed by atoms with Gasteiger partial charge >= 0.3 is 5.97 Å². The summed E-state index contributed by atoms with van der Waals surface area (Å²) in [4.78, 5) is 11.4. The Morgan fingerprint density at radius 1 is 1.00 bits per heavy atom. The molecular formula is C27H33FO2. The van der Waals surface area contributed by atoms with E-state index in [4.69, 9.17) is 4.74 Å². The van der Waals surface area contributed by atoms with E-state index in [0.717, 1.165) is 38.0 Å². The fraction of sp³-hybridized carbons (Fsp3) is 0.593. The summed E-state index contributed by atoms with van der Waals surface area (Å²) < 4.78 is 19.0. The number of halogens is 1. The molecule has 2 fully saturated rings.